The van der Waals surface area contributed by atoms with Gasteiger partial charge in [-0.2, -0.15) is 0 Å². The smallest absolute Gasteiger partial charge is 0.376 e. The van der Waals surface area contributed by atoms with E-state index in [1.165, 1.54) is 32.1 Å². The molecule has 0 aromatic heterocycles. The number of hydrogen-bond acceptors (Lipinski definition) is 4. The van der Waals surface area contributed by atoms with E-state index in [-0.39, 0.29) is 0 Å². The van der Waals surface area contributed by atoms with Crippen LogP contribution < -0.4 is 0 Å². The summed E-state index contributed by atoms with van der Waals surface area (Å²) in [5.74, 6) is 0.811. The van der Waals surface area contributed by atoms with Crippen molar-refractivity contribution >= 4 is 9.53 Å². The Morgan fingerprint density at radius 2 is 1.68 bits per heavy atom. The molecule has 0 aromatic rings. The van der Waals surface area contributed by atoms with Crippen LogP contribution in [0.5, 0.6) is 0 Å². The highest BCUT2D eigenvalue weighted by atomic mass is 28.3. The Bertz CT molecular complexity index is 240. The zero-order valence-electron chi connectivity index (χ0n) is 12.3. The molecule has 19 heavy (non-hydrogen) atoms. The monoisotopic (exact) mass is 288 g/mol. The van der Waals surface area contributed by atoms with Crippen LogP contribution in [0.15, 0.2) is 0 Å². The lowest BCUT2D eigenvalue weighted by Crippen LogP contribution is -2.28. The average Bonchev–Trinajstić information content (AvgIpc) is 3.20. The lowest BCUT2D eigenvalue weighted by atomic mass is 9.85. The van der Waals surface area contributed by atoms with E-state index >= 15 is 0 Å². The van der Waals surface area contributed by atoms with E-state index in [9.17, 15) is 0 Å². The van der Waals surface area contributed by atoms with Crippen LogP contribution in [0.25, 0.3) is 0 Å². The molecule has 2 unspecified atom stereocenters. The summed E-state index contributed by atoms with van der Waals surface area (Å²) in [7, 11) is -1.87. The molecule has 5 heteroatoms. The molecule has 2 rings (SSSR count). The van der Waals surface area contributed by atoms with Gasteiger partial charge in [0, 0.05) is 19.8 Å². The van der Waals surface area contributed by atoms with Crippen molar-refractivity contribution in [1.82, 2.24) is 0 Å². The summed E-state index contributed by atoms with van der Waals surface area (Å²) in [6.45, 7) is 6.00. The van der Waals surface area contributed by atoms with Gasteiger partial charge in [-0.3, -0.25) is 0 Å². The average molecular weight is 288 g/mol. The molecule has 112 valence electrons. The molecule has 2 atom stereocenters. The first-order chi connectivity index (χ1) is 9.35. The lowest BCUT2D eigenvalue weighted by Gasteiger charge is -2.19. The minimum atomic E-state index is -1.87. The molecule has 0 N–H and O–H groups in total. The van der Waals surface area contributed by atoms with Crippen molar-refractivity contribution in [1.29, 1.82) is 0 Å². The number of rotatable bonds is 9. The van der Waals surface area contributed by atoms with Crippen LogP contribution in [-0.2, 0) is 18.0 Å². The fourth-order valence-corrected chi connectivity index (χ4v) is 4.12. The summed E-state index contributed by atoms with van der Waals surface area (Å²) in [6, 6.07) is 0. The molecule has 2 aliphatic rings. The number of ether oxygens (including phenoxy) is 1. The molecule has 0 bridgehead atoms. The third-order valence-corrected chi connectivity index (χ3v) is 5.72. The zero-order chi connectivity index (χ0) is 13.5. The molecule has 4 nitrogen and oxygen atoms in total. The van der Waals surface area contributed by atoms with E-state index in [1.54, 1.807) is 0 Å². The van der Waals surface area contributed by atoms with Crippen LogP contribution in [-0.4, -0.2) is 41.6 Å². The Morgan fingerprint density at radius 3 is 2.32 bits per heavy atom. The van der Waals surface area contributed by atoms with Gasteiger partial charge in [0.25, 0.3) is 0 Å². The Balaban J connectivity index is 1.56. The molecule has 1 saturated carbocycles. The van der Waals surface area contributed by atoms with E-state index in [0.717, 1.165) is 12.3 Å². The predicted molar refractivity (Wildman–Crippen MR) is 76.2 cm³/mol. The molecule has 0 aromatic carbocycles. The van der Waals surface area contributed by atoms with Crippen molar-refractivity contribution < 1.29 is 18.0 Å². The molecule has 0 amide bonds. The second-order valence-corrected chi connectivity index (χ2v) is 6.97. The molecule has 0 radical (unpaired) electrons. The SMILES string of the molecule is CCO[SiH](OCC)OCCC1OC1C1CCCCC1. The van der Waals surface area contributed by atoms with E-state index < -0.39 is 9.53 Å². The van der Waals surface area contributed by atoms with E-state index in [2.05, 4.69) is 0 Å². The predicted octanol–water partition coefficient (Wildman–Crippen LogP) is 2.53. The highest BCUT2D eigenvalue weighted by Crippen LogP contribution is 2.39. The Morgan fingerprint density at radius 1 is 1.00 bits per heavy atom. The Kier molecular flexibility index (Phi) is 6.80. The maximum Gasteiger partial charge on any atom is 0.484 e. The van der Waals surface area contributed by atoms with Crippen LogP contribution in [0, 0.1) is 5.92 Å². The van der Waals surface area contributed by atoms with Crippen molar-refractivity contribution in [3.05, 3.63) is 0 Å². The molecule has 1 aliphatic heterocycles. The fourth-order valence-electron chi connectivity index (χ4n) is 2.96. The first-order valence-corrected chi connectivity index (χ1v) is 9.26. The summed E-state index contributed by atoms with van der Waals surface area (Å²) in [5, 5.41) is 0. The third-order valence-electron chi connectivity index (χ3n) is 4.00. The molecule has 1 aliphatic carbocycles. The summed E-state index contributed by atoms with van der Waals surface area (Å²) >= 11 is 0. The van der Waals surface area contributed by atoms with Gasteiger partial charge in [0.1, 0.15) is 0 Å². The minimum absolute atomic E-state index is 0.431. The molecule has 0 spiro atoms. The van der Waals surface area contributed by atoms with Crippen molar-refractivity contribution in [3.8, 4) is 0 Å². The highest BCUT2D eigenvalue weighted by Gasteiger charge is 2.44. The maximum atomic E-state index is 5.81. The van der Waals surface area contributed by atoms with Crippen molar-refractivity contribution in [3.63, 3.8) is 0 Å². The standard InChI is InChI=1S/C14H28O4Si/c1-3-15-19(16-4-2)17-11-10-13-14(18-13)12-8-6-5-7-9-12/h12-14,19H,3-11H2,1-2H3. The van der Waals surface area contributed by atoms with Crippen LogP contribution >= 0.6 is 0 Å². The van der Waals surface area contributed by atoms with E-state index in [0.29, 0.717) is 32.0 Å². The van der Waals surface area contributed by atoms with Gasteiger partial charge in [-0.1, -0.05) is 19.3 Å². The summed E-state index contributed by atoms with van der Waals surface area (Å²) < 4.78 is 22.5. The van der Waals surface area contributed by atoms with Gasteiger partial charge >= 0.3 is 9.53 Å². The van der Waals surface area contributed by atoms with Gasteiger partial charge in [-0.05, 0) is 39.0 Å². The summed E-state index contributed by atoms with van der Waals surface area (Å²) in [5.41, 5.74) is 0. The largest absolute Gasteiger partial charge is 0.484 e. The topological polar surface area (TPSA) is 40.2 Å². The highest BCUT2D eigenvalue weighted by molar-refractivity contribution is 6.36. The summed E-state index contributed by atoms with van der Waals surface area (Å²) in [6.07, 6.45) is 8.84. The third kappa shape index (κ3) is 5.15. The number of epoxide rings is 1. The van der Waals surface area contributed by atoms with Crippen molar-refractivity contribution in [2.24, 2.45) is 5.92 Å². The Hall–Kier alpha value is 0.0569. The van der Waals surface area contributed by atoms with Crippen molar-refractivity contribution in [2.75, 3.05) is 19.8 Å². The zero-order valence-corrected chi connectivity index (χ0v) is 13.5. The van der Waals surface area contributed by atoms with Gasteiger partial charge in [-0.25, -0.2) is 0 Å². The van der Waals surface area contributed by atoms with Gasteiger partial charge in [-0.15, -0.1) is 0 Å². The second kappa shape index (κ2) is 8.37. The molecule has 2 fully saturated rings. The van der Waals surface area contributed by atoms with E-state index in [1.807, 2.05) is 13.8 Å². The molecule has 1 saturated heterocycles. The van der Waals surface area contributed by atoms with Gasteiger partial charge in [0.15, 0.2) is 0 Å². The van der Waals surface area contributed by atoms with Crippen LogP contribution in [0.3, 0.4) is 0 Å². The van der Waals surface area contributed by atoms with Crippen molar-refractivity contribution in [2.45, 2.75) is 64.6 Å². The quantitative estimate of drug-likeness (QED) is 0.483. The van der Waals surface area contributed by atoms with Gasteiger partial charge in [0.2, 0.25) is 0 Å². The van der Waals surface area contributed by atoms with Crippen LogP contribution in [0.1, 0.15) is 52.4 Å². The minimum Gasteiger partial charge on any atom is -0.376 e. The Labute approximate surface area is 118 Å². The fraction of sp³-hybridized carbons (Fsp3) is 1.00. The maximum absolute atomic E-state index is 5.81. The second-order valence-electron chi connectivity index (χ2n) is 5.40. The normalized spacial score (nSPS) is 27.9. The first kappa shape index (κ1) is 15.4. The van der Waals surface area contributed by atoms with Crippen LogP contribution in [0.4, 0.5) is 0 Å². The van der Waals surface area contributed by atoms with Gasteiger partial charge in [0.05, 0.1) is 12.2 Å². The molecule has 1 heterocycles. The van der Waals surface area contributed by atoms with Gasteiger partial charge < -0.3 is 18.0 Å². The summed E-state index contributed by atoms with van der Waals surface area (Å²) in [4.78, 5) is 0. The molecular weight excluding hydrogens is 260 g/mol. The number of hydrogen-bond donors (Lipinski definition) is 0. The lowest BCUT2D eigenvalue weighted by molar-refractivity contribution is 0.0989. The molecular formula is C14H28O4Si. The van der Waals surface area contributed by atoms with Crippen LogP contribution in [0.2, 0.25) is 0 Å². The first-order valence-electron chi connectivity index (χ1n) is 7.85. The van der Waals surface area contributed by atoms with E-state index in [4.69, 9.17) is 18.0 Å².